The molecule has 0 aliphatic heterocycles. The molecule has 0 heterocycles. The number of halogens is 1. The quantitative estimate of drug-likeness (QED) is 0.694. The average molecular weight is 300 g/mol. The molecule has 1 amide bonds. The molecular formula is C16H13FN2O3. The first kappa shape index (κ1) is 14.2. The summed E-state index contributed by atoms with van der Waals surface area (Å²) in [4.78, 5) is 22.0. The van der Waals surface area contributed by atoms with Crippen LogP contribution in [0.25, 0.3) is 0 Å². The zero-order chi connectivity index (χ0) is 15.7. The number of nitrogens with one attached hydrogen (secondary N) is 1. The van der Waals surface area contributed by atoms with Crippen LogP contribution in [0.15, 0.2) is 48.5 Å². The zero-order valence-corrected chi connectivity index (χ0v) is 11.5. The lowest BCUT2D eigenvalue weighted by Crippen LogP contribution is -2.14. The van der Waals surface area contributed by atoms with Gasteiger partial charge in [-0.2, -0.15) is 4.39 Å². The summed E-state index contributed by atoms with van der Waals surface area (Å²) in [6.45, 7) is 0. The molecule has 1 aliphatic rings. The van der Waals surface area contributed by atoms with E-state index in [2.05, 4.69) is 5.32 Å². The van der Waals surface area contributed by atoms with Gasteiger partial charge in [0.15, 0.2) is 0 Å². The van der Waals surface area contributed by atoms with Crippen LogP contribution in [-0.2, 0) is 4.79 Å². The van der Waals surface area contributed by atoms with Crippen LogP contribution in [-0.4, -0.2) is 10.8 Å². The second-order valence-electron chi connectivity index (χ2n) is 5.27. The molecule has 0 radical (unpaired) electrons. The molecule has 0 bridgehead atoms. The Morgan fingerprint density at radius 3 is 2.64 bits per heavy atom. The summed E-state index contributed by atoms with van der Waals surface area (Å²) in [6, 6.07) is 13.0. The summed E-state index contributed by atoms with van der Waals surface area (Å²) in [5.74, 6) is -1.09. The van der Waals surface area contributed by atoms with E-state index in [1.807, 2.05) is 30.3 Å². The molecule has 1 saturated carbocycles. The summed E-state index contributed by atoms with van der Waals surface area (Å²) < 4.78 is 13.3. The Morgan fingerprint density at radius 2 is 1.95 bits per heavy atom. The Morgan fingerprint density at radius 1 is 1.23 bits per heavy atom. The number of anilines is 1. The Bertz CT molecular complexity index is 733. The van der Waals surface area contributed by atoms with Crippen LogP contribution in [0, 0.1) is 21.8 Å². The van der Waals surface area contributed by atoms with Crippen molar-refractivity contribution in [1.82, 2.24) is 0 Å². The summed E-state index contributed by atoms with van der Waals surface area (Å²) in [6.07, 6.45) is 0.749. The lowest BCUT2D eigenvalue weighted by Gasteiger charge is -2.05. The average Bonchev–Trinajstić information content (AvgIpc) is 3.30. The van der Waals surface area contributed by atoms with Gasteiger partial charge in [-0.05, 0) is 30.0 Å². The maximum atomic E-state index is 13.3. The van der Waals surface area contributed by atoms with E-state index in [0.717, 1.165) is 24.1 Å². The third-order valence-corrected chi connectivity index (χ3v) is 3.77. The number of carbonyl (C=O) groups excluding carboxylic acids is 1. The molecule has 1 aliphatic carbocycles. The Hall–Kier alpha value is -2.76. The fourth-order valence-electron chi connectivity index (χ4n) is 2.52. The standard InChI is InChI=1S/C16H13FN2O3/c17-14-7-6-11(8-15(14)19(21)22)18-16(20)13-9-12(13)10-4-2-1-3-5-10/h1-8,12-13H,9H2,(H,18,20). The van der Waals surface area contributed by atoms with Crippen LogP contribution < -0.4 is 5.32 Å². The van der Waals surface area contributed by atoms with E-state index in [4.69, 9.17) is 0 Å². The molecule has 0 saturated heterocycles. The number of benzene rings is 2. The molecule has 2 aromatic rings. The minimum absolute atomic E-state index is 0.147. The number of amides is 1. The number of hydrogen-bond acceptors (Lipinski definition) is 3. The van der Waals surface area contributed by atoms with Crippen LogP contribution >= 0.6 is 0 Å². The van der Waals surface area contributed by atoms with Crippen molar-refractivity contribution in [3.05, 3.63) is 70.0 Å². The Kier molecular flexibility index (Phi) is 3.58. The lowest BCUT2D eigenvalue weighted by atomic mass is 10.1. The van der Waals surface area contributed by atoms with Gasteiger partial charge in [0.05, 0.1) is 4.92 Å². The molecule has 0 aromatic heterocycles. The van der Waals surface area contributed by atoms with Gasteiger partial charge in [0.1, 0.15) is 0 Å². The van der Waals surface area contributed by atoms with Crippen molar-refractivity contribution in [2.24, 2.45) is 5.92 Å². The smallest absolute Gasteiger partial charge is 0.306 e. The molecule has 6 heteroatoms. The first-order valence-electron chi connectivity index (χ1n) is 6.86. The molecule has 0 spiro atoms. The second kappa shape index (κ2) is 5.55. The largest absolute Gasteiger partial charge is 0.326 e. The molecule has 3 rings (SSSR count). The van der Waals surface area contributed by atoms with Gasteiger partial charge in [-0.25, -0.2) is 0 Å². The SMILES string of the molecule is O=C(Nc1ccc(F)c([N+](=O)[O-])c1)C1CC1c1ccccc1. The number of rotatable bonds is 4. The van der Waals surface area contributed by atoms with Crippen LogP contribution in [0.4, 0.5) is 15.8 Å². The van der Waals surface area contributed by atoms with Crippen LogP contribution in [0.1, 0.15) is 17.9 Å². The molecule has 2 atom stereocenters. The van der Waals surface area contributed by atoms with Crippen LogP contribution in [0.5, 0.6) is 0 Å². The first-order valence-corrected chi connectivity index (χ1v) is 6.86. The van der Waals surface area contributed by atoms with E-state index in [-0.39, 0.29) is 23.4 Å². The Labute approximate surface area is 125 Å². The highest BCUT2D eigenvalue weighted by Crippen LogP contribution is 2.47. The van der Waals surface area contributed by atoms with Gasteiger partial charge >= 0.3 is 5.69 Å². The van der Waals surface area contributed by atoms with Gasteiger partial charge in [0.25, 0.3) is 0 Å². The van der Waals surface area contributed by atoms with Gasteiger partial charge in [-0.15, -0.1) is 0 Å². The van der Waals surface area contributed by atoms with E-state index in [1.54, 1.807) is 0 Å². The van der Waals surface area contributed by atoms with Crippen molar-refractivity contribution in [2.45, 2.75) is 12.3 Å². The number of carbonyl (C=O) groups is 1. The third kappa shape index (κ3) is 2.81. The number of nitro benzene ring substituents is 1. The molecule has 112 valence electrons. The summed E-state index contributed by atoms with van der Waals surface area (Å²) in [7, 11) is 0. The topological polar surface area (TPSA) is 72.2 Å². The molecule has 1 N–H and O–H groups in total. The van der Waals surface area contributed by atoms with Crippen molar-refractivity contribution in [1.29, 1.82) is 0 Å². The van der Waals surface area contributed by atoms with Crippen molar-refractivity contribution < 1.29 is 14.1 Å². The fourth-order valence-corrected chi connectivity index (χ4v) is 2.52. The van der Waals surface area contributed by atoms with Gasteiger partial charge in [0.2, 0.25) is 11.7 Å². The summed E-state index contributed by atoms with van der Waals surface area (Å²) in [5, 5.41) is 13.3. The van der Waals surface area contributed by atoms with Crippen molar-refractivity contribution in [3.8, 4) is 0 Å². The molecule has 5 nitrogen and oxygen atoms in total. The van der Waals surface area contributed by atoms with E-state index >= 15 is 0 Å². The zero-order valence-electron chi connectivity index (χ0n) is 11.5. The first-order chi connectivity index (χ1) is 10.6. The van der Waals surface area contributed by atoms with E-state index in [1.165, 1.54) is 6.07 Å². The minimum atomic E-state index is -0.920. The second-order valence-corrected chi connectivity index (χ2v) is 5.27. The fraction of sp³-hybridized carbons (Fsp3) is 0.188. The molecule has 1 fully saturated rings. The van der Waals surface area contributed by atoms with Gasteiger partial charge in [0, 0.05) is 17.7 Å². The monoisotopic (exact) mass is 300 g/mol. The van der Waals surface area contributed by atoms with E-state index in [0.29, 0.717) is 0 Å². The van der Waals surface area contributed by atoms with Gasteiger partial charge in [-0.3, -0.25) is 14.9 Å². The number of nitro groups is 1. The molecule has 22 heavy (non-hydrogen) atoms. The number of nitrogens with zero attached hydrogens (tertiary/aromatic N) is 1. The third-order valence-electron chi connectivity index (χ3n) is 3.77. The predicted molar refractivity (Wildman–Crippen MR) is 79.0 cm³/mol. The minimum Gasteiger partial charge on any atom is -0.326 e. The molecular weight excluding hydrogens is 287 g/mol. The number of hydrogen-bond donors (Lipinski definition) is 1. The highest BCUT2D eigenvalue weighted by Gasteiger charge is 2.43. The molecule has 2 aromatic carbocycles. The summed E-state index contributed by atoms with van der Waals surface area (Å²) >= 11 is 0. The molecule has 2 unspecified atom stereocenters. The van der Waals surface area contributed by atoms with Crippen LogP contribution in [0.2, 0.25) is 0 Å². The predicted octanol–water partition coefficient (Wildman–Crippen LogP) is 3.48. The van der Waals surface area contributed by atoms with E-state index < -0.39 is 16.4 Å². The highest BCUT2D eigenvalue weighted by atomic mass is 19.1. The van der Waals surface area contributed by atoms with E-state index in [9.17, 15) is 19.3 Å². The van der Waals surface area contributed by atoms with Crippen LogP contribution in [0.3, 0.4) is 0 Å². The summed E-state index contributed by atoms with van der Waals surface area (Å²) in [5.41, 5.74) is 0.692. The maximum absolute atomic E-state index is 13.3. The Balaban J connectivity index is 1.69. The normalized spacial score (nSPS) is 19.5. The maximum Gasteiger partial charge on any atom is 0.306 e. The lowest BCUT2D eigenvalue weighted by molar-refractivity contribution is -0.387. The van der Waals surface area contributed by atoms with Gasteiger partial charge < -0.3 is 5.32 Å². The highest BCUT2D eigenvalue weighted by molar-refractivity contribution is 5.95. The van der Waals surface area contributed by atoms with Crippen molar-refractivity contribution >= 4 is 17.3 Å². The van der Waals surface area contributed by atoms with Crippen molar-refractivity contribution in [2.75, 3.05) is 5.32 Å². The van der Waals surface area contributed by atoms with Gasteiger partial charge in [-0.1, -0.05) is 30.3 Å². The van der Waals surface area contributed by atoms with Crippen molar-refractivity contribution in [3.63, 3.8) is 0 Å².